The molecule has 2 rings (SSSR count). The second-order valence-corrected chi connectivity index (χ2v) is 7.06. The highest BCUT2D eigenvalue weighted by Crippen LogP contribution is 2.16. The van der Waals surface area contributed by atoms with Crippen molar-refractivity contribution in [3.63, 3.8) is 0 Å². The normalized spacial score (nSPS) is 12.7. The predicted molar refractivity (Wildman–Crippen MR) is 110 cm³/mol. The van der Waals surface area contributed by atoms with Crippen LogP contribution in [0.1, 0.15) is 48.9 Å². The maximum absolute atomic E-state index is 12.5. The molecule has 8 heteroatoms. The lowest BCUT2D eigenvalue weighted by atomic mass is 9.90. The average molecular weight is 402 g/mol. The molecular formula is C18H29Cl2N5O. The maximum atomic E-state index is 12.5. The van der Waals surface area contributed by atoms with E-state index in [1.165, 1.54) is 0 Å². The number of nitrogens with one attached hydrogen (secondary N) is 1. The topological polar surface area (TPSA) is 85.8 Å². The van der Waals surface area contributed by atoms with Crippen LogP contribution in [0.15, 0.2) is 24.4 Å². The zero-order valence-electron chi connectivity index (χ0n) is 15.9. The van der Waals surface area contributed by atoms with Crippen LogP contribution in [0.5, 0.6) is 0 Å². The summed E-state index contributed by atoms with van der Waals surface area (Å²) in [6.45, 7) is 10.5. The van der Waals surface area contributed by atoms with Gasteiger partial charge in [-0.25, -0.2) is 9.67 Å². The molecule has 0 aromatic carbocycles. The molecule has 26 heavy (non-hydrogen) atoms. The summed E-state index contributed by atoms with van der Waals surface area (Å²) < 4.78 is 1.76. The largest absolute Gasteiger partial charge is 0.346 e. The molecule has 3 N–H and O–H groups in total. The van der Waals surface area contributed by atoms with Gasteiger partial charge in [0.2, 0.25) is 0 Å². The van der Waals surface area contributed by atoms with E-state index in [1.807, 2.05) is 26.8 Å². The molecule has 0 saturated carbocycles. The molecule has 1 atom stereocenters. The van der Waals surface area contributed by atoms with Crippen LogP contribution >= 0.6 is 24.8 Å². The Bertz CT molecular complexity index is 715. The highest BCUT2D eigenvalue weighted by molar-refractivity contribution is 5.94. The maximum Gasteiger partial charge on any atom is 0.253 e. The first-order valence-corrected chi connectivity index (χ1v) is 8.26. The Labute approximate surface area is 167 Å². The van der Waals surface area contributed by atoms with Crippen LogP contribution in [0.4, 0.5) is 0 Å². The van der Waals surface area contributed by atoms with Gasteiger partial charge in [0, 0.05) is 24.0 Å². The summed E-state index contributed by atoms with van der Waals surface area (Å²) in [6, 6.07) is 5.55. The molecule has 2 aromatic heterocycles. The van der Waals surface area contributed by atoms with Gasteiger partial charge in [0.15, 0.2) is 5.82 Å². The monoisotopic (exact) mass is 401 g/mol. The number of carbonyl (C=O) groups excluding carboxylic acids is 1. The third-order valence-electron chi connectivity index (χ3n) is 3.96. The van der Waals surface area contributed by atoms with Crippen molar-refractivity contribution in [2.45, 2.75) is 46.6 Å². The van der Waals surface area contributed by atoms with Crippen molar-refractivity contribution in [2.24, 2.45) is 11.7 Å². The fraction of sp³-hybridized carbons (Fsp3) is 0.500. The van der Waals surface area contributed by atoms with E-state index in [0.717, 1.165) is 17.8 Å². The molecule has 0 aliphatic rings. The Morgan fingerprint density at radius 3 is 2.38 bits per heavy atom. The minimum atomic E-state index is -0.417. The molecule has 1 unspecified atom stereocenters. The van der Waals surface area contributed by atoms with Crippen molar-refractivity contribution in [3.05, 3.63) is 41.3 Å². The summed E-state index contributed by atoms with van der Waals surface area (Å²) in [6.07, 6.45) is 2.40. The van der Waals surface area contributed by atoms with Gasteiger partial charge in [-0.15, -0.1) is 24.8 Å². The Morgan fingerprint density at radius 2 is 1.96 bits per heavy atom. The van der Waals surface area contributed by atoms with Crippen LogP contribution in [0.25, 0.3) is 5.82 Å². The number of carbonyl (C=O) groups is 1. The Balaban J connectivity index is 0.00000312. The standard InChI is InChI=1S/C18H27N5O.2ClH/c1-12(2)9-18(5,11-19)21-17(24)15-6-7-16(20-10-15)23-14(4)8-13(3)22-23;;/h6-8,10,12H,9,11,19H2,1-5H3,(H,21,24);2*1H. The number of amides is 1. The van der Waals surface area contributed by atoms with Crippen LogP contribution in [0, 0.1) is 19.8 Å². The fourth-order valence-electron chi connectivity index (χ4n) is 2.94. The molecule has 0 bridgehead atoms. The highest BCUT2D eigenvalue weighted by Gasteiger charge is 2.26. The smallest absolute Gasteiger partial charge is 0.253 e. The molecule has 0 saturated heterocycles. The lowest BCUT2D eigenvalue weighted by molar-refractivity contribution is 0.0898. The molecule has 0 aliphatic heterocycles. The van der Waals surface area contributed by atoms with E-state index in [2.05, 4.69) is 29.2 Å². The van der Waals surface area contributed by atoms with Crippen LogP contribution < -0.4 is 11.1 Å². The van der Waals surface area contributed by atoms with E-state index >= 15 is 0 Å². The number of aryl methyl sites for hydroxylation is 2. The summed E-state index contributed by atoms with van der Waals surface area (Å²) in [5.41, 5.74) is 7.90. The minimum Gasteiger partial charge on any atom is -0.346 e. The van der Waals surface area contributed by atoms with E-state index in [1.54, 1.807) is 23.0 Å². The fourth-order valence-corrected chi connectivity index (χ4v) is 2.94. The van der Waals surface area contributed by atoms with Gasteiger partial charge in [-0.1, -0.05) is 13.8 Å². The molecule has 2 heterocycles. The minimum absolute atomic E-state index is 0. The van der Waals surface area contributed by atoms with Crippen LogP contribution in [-0.2, 0) is 0 Å². The Morgan fingerprint density at radius 1 is 1.31 bits per heavy atom. The number of hydrogen-bond donors (Lipinski definition) is 2. The van der Waals surface area contributed by atoms with Crippen molar-refractivity contribution >= 4 is 30.7 Å². The van der Waals surface area contributed by atoms with Crippen molar-refractivity contribution in [1.29, 1.82) is 0 Å². The predicted octanol–water partition coefficient (Wildman–Crippen LogP) is 3.22. The van der Waals surface area contributed by atoms with Crippen LogP contribution in [-0.4, -0.2) is 32.8 Å². The Kier molecular flexibility index (Phi) is 9.28. The molecule has 0 radical (unpaired) electrons. The number of pyridine rings is 1. The SMILES string of the molecule is Cc1cc(C)n(-c2ccc(C(=O)NC(C)(CN)CC(C)C)cn2)n1.Cl.Cl. The number of aromatic nitrogens is 3. The third kappa shape index (κ3) is 5.97. The van der Waals surface area contributed by atoms with Gasteiger partial charge in [0.1, 0.15) is 0 Å². The van der Waals surface area contributed by atoms with Gasteiger partial charge >= 0.3 is 0 Å². The van der Waals surface area contributed by atoms with Crippen molar-refractivity contribution in [2.75, 3.05) is 6.54 Å². The van der Waals surface area contributed by atoms with E-state index in [4.69, 9.17) is 5.73 Å². The summed E-state index contributed by atoms with van der Waals surface area (Å²) in [7, 11) is 0. The average Bonchev–Trinajstić information content (AvgIpc) is 2.85. The molecule has 2 aromatic rings. The molecule has 6 nitrogen and oxygen atoms in total. The van der Waals surface area contributed by atoms with Crippen LogP contribution in [0.2, 0.25) is 0 Å². The van der Waals surface area contributed by atoms with Crippen molar-refractivity contribution in [3.8, 4) is 5.82 Å². The zero-order valence-corrected chi connectivity index (χ0v) is 17.6. The lowest BCUT2D eigenvalue weighted by Gasteiger charge is -2.31. The number of rotatable bonds is 6. The van der Waals surface area contributed by atoms with Gasteiger partial charge in [-0.05, 0) is 51.3 Å². The summed E-state index contributed by atoms with van der Waals surface area (Å²) in [5.74, 6) is 0.988. The summed E-state index contributed by atoms with van der Waals surface area (Å²) in [4.78, 5) is 16.9. The van der Waals surface area contributed by atoms with Gasteiger partial charge in [0.05, 0.1) is 11.3 Å². The van der Waals surface area contributed by atoms with Gasteiger partial charge in [0.25, 0.3) is 5.91 Å². The van der Waals surface area contributed by atoms with Gasteiger partial charge in [-0.2, -0.15) is 5.10 Å². The molecule has 146 valence electrons. The molecule has 1 amide bonds. The first-order chi connectivity index (χ1) is 11.2. The first-order valence-electron chi connectivity index (χ1n) is 8.26. The highest BCUT2D eigenvalue weighted by atomic mass is 35.5. The van der Waals surface area contributed by atoms with E-state index in [0.29, 0.717) is 23.8 Å². The number of nitrogens with two attached hydrogens (primary N) is 1. The second-order valence-electron chi connectivity index (χ2n) is 7.06. The van der Waals surface area contributed by atoms with Crippen molar-refractivity contribution < 1.29 is 4.79 Å². The Hall–Kier alpha value is -1.63. The second kappa shape index (κ2) is 9.90. The van der Waals surface area contributed by atoms with Crippen LogP contribution in [0.3, 0.4) is 0 Å². The quantitative estimate of drug-likeness (QED) is 0.777. The van der Waals surface area contributed by atoms with Crippen molar-refractivity contribution in [1.82, 2.24) is 20.1 Å². The van der Waals surface area contributed by atoms with Gasteiger partial charge < -0.3 is 11.1 Å². The van der Waals surface area contributed by atoms with E-state index in [-0.39, 0.29) is 30.7 Å². The number of hydrogen-bond acceptors (Lipinski definition) is 4. The summed E-state index contributed by atoms with van der Waals surface area (Å²) in [5, 5.41) is 7.44. The number of halogens is 2. The molecule has 0 aliphatic carbocycles. The third-order valence-corrected chi connectivity index (χ3v) is 3.96. The molecule has 0 spiro atoms. The van der Waals surface area contributed by atoms with Gasteiger partial charge in [-0.3, -0.25) is 4.79 Å². The zero-order chi connectivity index (χ0) is 17.9. The lowest BCUT2D eigenvalue weighted by Crippen LogP contribution is -2.52. The first kappa shape index (κ1) is 24.4. The summed E-state index contributed by atoms with van der Waals surface area (Å²) >= 11 is 0. The molecule has 0 fully saturated rings. The number of nitrogens with zero attached hydrogens (tertiary/aromatic N) is 3. The molecular weight excluding hydrogens is 373 g/mol. The van der Waals surface area contributed by atoms with E-state index in [9.17, 15) is 4.79 Å². The van der Waals surface area contributed by atoms with E-state index < -0.39 is 5.54 Å².